The highest BCUT2D eigenvalue weighted by Gasteiger charge is 2.35. The number of para-hydroxylation sites is 2. The van der Waals surface area contributed by atoms with Crippen LogP contribution in [0.1, 0.15) is 24.0 Å². The van der Waals surface area contributed by atoms with Gasteiger partial charge in [-0.3, -0.25) is 9.10 Å². The lowest BCUT2D eigenvalue weighted by molar-refractivity contribution is -0.117. The summed E-state index contributed by atoms with van der Waals surface area (Å²) in [4.78, 5) is 14.1. The highest BCUT2D eigenvalue weighted by molar-refractivity contribution is 7.92. The van der Waals surface area contributed by atoms with Crippen LogP contribution in [0, 0.1) is 0 Å². The largest absolute Gasteiger partial charge is 0.312 e. The molecule has 2 aliphatic rings. The summed E-state index contributed by atoms with van der Waals surface area (Å²) in [5, 5.41) is 0. The number of amides is 1. The molecule has 0 aromatic heterocycles. The maximum Gasteiger partial charge on any atom is 0.264 e. The highest BCUT2D eigenvalue weighted by atomic mass is 32.2. The first-order valence-corrected chi connectivity index (χ1v) is 9.92. The molecule has 0 N–H and O–H groups in total. The molecule has 0 atom stereocenters. The standard InChI is InChI=1S/C19H20N2O3S/c1-20-17-8-4-5-9-18(17)21(13-19(20)22)25(23,24)16-11-10-14-6-2-3-7-15(14)12-16/h4-5,8-12H,2-3,6-7,13H2,1H3. The number of nitrogens with zero attached hydrogens (tertiary/aromatic N) is 2. The summed E-state index contributed by atoms with van der Waals surface area (Å²) in [5.41, 5.74) is 3.50. The number of benzene rings is 2. The van der Waals surface area contributed by atoms with Crippen molar-refractivity contribution in [1.82, 2.24) is 0 Å². The second-order valence-corrected chi connectivity index (χ2v) is 8.45. The zero-order valence-corrected chi connectivity index (χ0v) is 14.9. The van der Waals surface area contributed by atoms with E-state index < -0.39 is 10.0 Å². The SMILES string of the molecule is CN1C(=O)CN(S(=O)(=O)c2ccc3c(c2)CCCC3)c2ccccc21. The van der Waals surface area contributed by atoms with E-state index in [1.165, 1.54) is 14.8 Å². The third-order valence-electron chi connectivity index (χ3n) is 5.07. The Morgan fingerprint density at radius 1 is 0.920 bits per heavy atom. The van der Waals surface area contributed by atoms with Crippen molar-refractivity contribution >= 4 is 27.3 Å². The van der Waals surface area contributed by atoms with E-state index in [4.69, 9.17) is 0 Å². The minimum Gasteiger partial charge on any atom is -0.312 e. The molecule has 6 heteroatoms. The zero-order chi connectivity index (χ0) is 17.6. The molecule has 0 fully saturated rings. The molecule has 2 aromatic rings. The molecule has 0 saturated carbocycles. The third kappa shape index (κ3) is 2.61. The Hall–Kier alpha value is -2.34. The van der Waals surface area contributed by atoms with Crippen LogP contribution in [0.4, 0.5) is 11.4 Å². The lowest BCUT2D eigenvalue weighted by Gasteiger charge is -2.34. The molecule has 1 aliphatic heterocycles. The van der Waals surface area contributed by atoms with Crippen LogP contribution in [0.25, 0.3) is 0 Å². The maximum atomic E-state index is 13.2. The van der Waals surface area contributed by atoms with Gasteiger partial charge in [-0.15, -0.1) is 0 Å². The minimum absolute atomic E-state index is 0.174. The van der Waals surface area contributed by atoms with Crippen LogP contribution in [0.5, 0.6) is 0 Å². The normalized spacial score (nSPS) is 17.2. The second kappa shape index (κ2) is 5.88. The lowest BCUT2D eigenvalue weighted by atomic mass is 9.92. The second-order valence-electron chi connectivity index (χ2n) is 6.59. The van der Waals surface area contributed by atoms with Crippen molar-refractivity contribution in [2.75, 3.05) is 22.8 Å². The number of hydrogen-bond donors (Lipinski definition) is 0. The molecule has 0 bridgehead atoms. The molecule has 0 radical (unpaired) electrons. The van der Waals surface area contributed by atoms with E-state index in [2.05, 4.69) is 0 Å². The molecule has 5 nitrogen and oxygen atoms in total. The summed E-state index contributed by atoms with van der Waals surface area (Å²) in [6, 6.07) is 12.5. The van der Waals surface area contributed by atoms with Gasteiger partial charge in [0.25, 0.3) is 10.0 Å². The van der Waals surface area contributed by atoms with E-state index in [1.807, 2.05) is 6.07 Å². The van der Waals surface area contributed by atoms with E-state index in [1.54, 1.807) is 43.4 Å². The Kier molecular flexibility index (Phi) is 3.80. The van der Waals surface area contributed by atoms with Crippen LogP contribution >= 0.6 is 0 Å². The number of likely N-dealkylation sites (N-methyl/N-ethyl adjacent to an activating group) is 1. The molecule has 130 valence electrons. The van der Waals surface area contributed by atoms with Gasteiger partial charge in [0.1, 0.15) is 6.54 Å². The quantitative estimate of drug-likeness (QED) is 0.831. The fourth-order valence-electron chi connectivity index (χ4n) is 3.62. The summed E-state index contributed by atoms with van der Waals surface area (Å²) in [5.74, 6) is -0.236. The molecular formula is C19H20N2O3S. The van der Waals surface area contributed by atoms with Gasteiger partial charge in [0.2, 0.25) is 5.91 Å². The fraction of sp³-hybridized carbons (Fsp3) is 0.316. The Morgan fingerprint density at radius 3 is 2.36 bits per heavy atom. The molecule has 25 heavy (non-hydrogen) atoms. The smallest absolute Gasteiger partial charge is 0.264 e. The molecule has 0 unspecified atom stereocenters. The zero-order valence-electron chi connectivity index (χ0n) is 14.1. The van der Waals surface area contributed by atoms with Crippen LogP contribution < -0.4 is 9.21 Å². The van der Waals surface area contributed by atoms with Gasteiger partial charge >= 0.3 is 0 Å². The average Bonchev–Trinajstić information content (AvgIpc) is 2.64. The monoisotopic (exact) mass is 356 g/mol. The van der Waals surface area contributed by atoms with Crippen LogP contribution in [0.2, 0.25) is 0 Å². The number of aryl methyl sites for hydroxylation is 2. The summed E-state index contributed by atoms with van der Waals surface area (Å²) in [6.45, 7) is -0.174. The Morgan fingerprint density at radius 2 is 1.60 bits per heavy atom. The molecule has 0 saturated heterocycles. The highest BCUT2D eigenvalue weighted by Crippen LogP contribution is 2.36. The number of carbonyl (C=O) groups excluding carboxylic acids is 1. The molecule has 1 amide bonds. The summed E-state index contributed by atoms with van der Waals surface area (Å²) in [7, 11) is -2.11. The van der Waals surface area contributed by atoms with E-state index >= 15 is 0 Å². The lowest BCUT2D eigenvalue weighted by Crippen LogP contribution is -2.46. The van der Waals surface area contributed by atoms with Crippen molar-refractivity contribution in [3.05, 3.63) is 53.6 Å². The first kappa shape index (κ1) is 16.1. The number of fused-ring (bicyclic) bond motifs is 2. The minimum atomic E-state index is -3.78. The van der Waals surface area contributed by atoms with E-state index in [0.717, 1.165) is 31.2 Å². The van der Waals surface area contributed by atoms with Crippen molar-refractivity contribution in [3.63, 3.8) is 0 Å². The van der Waals surface area contributed by atoms with Gasteiger partial charge in [-0.05, 0) is 61.1 Å². The van der Waals surface area contributed by atoms with Crippen LogP contribution in [0.15, 0.2) is 47.4 Å². The first-order chi connectivity index (χ1) is 12.0. The van der Waals surface area contributed by atoms with Crippen molar-refractivity contribution < 1.29 is 13.2 Å². The fourth-order valence-corrected chi connectivity index (χ4v) is 5.10. The molecular weight excluding hydrogens is 336 g/mol. The predicted molar refractivity (Wildman–Crippen MR) is 97.5 cm³/mol. The Balaban J connectivity index is 1.81. The van der Waals surface area contributed by atoms with E-state index in [-0.39, 0.29) is 17.3 Å². The molecule has 0 spiro atoms. The van der Waals surface area contributed by atoms with Gasteiger partial charge in [0, 0.05) is 7.05 Å². The van der Waals surface area contributed by atoms with E-state index in [9.17, 15) is 13.2 Å². The summed E-state index contributed by atoms with van der Waals surface area (Å²) < 4.78 is 27.7. The Labute approximate surface area is 147 Å². The van der Waals surface area contributed by atoms with Gasteiger partial charge in [0.15, 0.2) is 0 Å². The summed E-state index contributed by atoms with van der Waals surface area (Å²) in [6.07, 6.45) is 4.16. The van der Waals surface area contributed by atoms with Crippen LogP contribution in [-0.4, -0.2) is 27.9 Å². The van der Waals surface area contributed by atoms with Gasteiger partial charge in [0.05, 0.1) is 16.3 Å². The number of anilines is 2. The van der Waals surface area contributed by atoms with E-state index in [0.29, 0.717) is 11.4 Å². The maximum absolute atomic E-state index is 13.2. The predicted octanol–water partition coefficient (Wildman–Crippen LogP) is 2.74. The first-order valence-electron chi connectivity index (χ1n) is 8.48. The average molecular weight is 356 g/mol. The van der Waals surface area contributed by atoms with Gasteiger partial charge in [-0.2, -0.15) is 0 Å². The van der Waals surface area contributed by atoms with Crippen molar-refractivity contribution in [2.45, 2.75) is 30.6 Å². The third-order valence-corrected chi connectivity index (χ3v) is 6.83. The van der Waals surface area contributed by atoms with Crippen molar-refractivity contribution in [3.8, 4) is 0 Å². The van der Waals surface area contributed by atoms with Gasteiger partial charge in [-0.1, -0.05) is 18.2 Å². The molecule has 1 heterocycles. The number of sulfonamides is 1. The number of hydrogen-bond acceptors (Lipinski definition) is 3. The summed E-state index contributed by atoms with van der Waals surface area (Å²) >= 11 is 0. The number of rotatable bonds is 2. The van der Waals surface area contributed by atoms with Crippen LogP contribution in [-0.2, 0) is 27.7 Å². The number of carbonyl (C=O) groups is 1. The van der Waals surface area contributed by atoms with Gasteiger partial charge in [-0.25, -0.2) is 8.42 Å². The van der Waals surface area contributed by atoms with Gasteiger partial charge < -0.3 is 4.90 Å². The Bertz CT molecular complexity index is 953. The van der Waals surface area contributed by atoms with Crippen molar-refractivity contribution in [1.29, 1.82) is 0 Å². The molecule has 2 aromatic carbocycles. The van der Waals surface area contributed by atoms with Crippen molar-refractivity contribution in [2.24, 2.45) is 0 Å². The topological polar surface area (TPSA) is 57.7 Å². The van der Waals surface area contributed by atoms with Crippen LogP contribution in [0.3, 0.4) is 0 Å². The molecule has 1 aliphatic carbocycles. The molecule has 4 rings (SSSR count).